The molecule has 24 heavy (non-hydrogen) atoms. The number of hydrogen-bond donors (Lipinski definition) is 2. The Morgan fingerprint density at radius 2 is 1.00 bits per heavy atom. The van der Waals surface area contributed by atoms with Gasteiger partial charge in [-0.15, -0.1) is 0 Å². The topological polar surface area (TPSA) is 38.0 Å². The van der Waals surface area contributed by atoms with Gasteiger partial charge in [0.15, 0.2) is 8.07 Å². The highest BCUT2D eigenvalue weighted by atomic mass is 28.3. The van der Waals surface area contributed by atoms with Crippen LogP contribution in [0.4, 0.5) is 0 Å². The molecular weight excluding hydrogens is 308 g/mol. The van der Waals surface area contributed by atoms with Crippen LogP contribution in [0.2, 0.25) is 0 Å². The third-order valence-electron chi connectivity index (χ3n) is 4.51. The number of nitrogens with one attached hydrogen (secondary N) is 1. The lowest BCUT2D eigenvalue weighted by molar-refractivity contribution is 0.772. The van der Waals surface area contributed by atoms with E-state index in [1.165, 1.54) is 15.6 Å². The Balaban J connectivity index is 2.20. The van der Waals surface area contributed by atoms with E-state index in [9.17, 15) is 0 Å². The van der Waals surface area contributed by atoms with Crippen LogP contribution in [-0.2, 0) is 0 Å². The maximum absolute atomic E-state index is 5.73. The van der Waals surface area contributed by atoms with Crippen LogP contribution in [0.15, 0.2) is 91.0 Å². The van der Waals surface area contributed by atoms with Crippen LogP contribution in [-0.4, -0.2) is 27.3 Å². The molecule has 0 aliphatic carbocycles. The van der Waals surface area contributed by atoms with E-state index in [2.05, 4.69) is 96.3 Å². The van der Waals surface area contributed by atoms with Crippen molar-refractivity contribution in [2.45, 2.75) is 0 Å². The highest BCUT2D eigenvalue weighted by Crippen LogP contribution is 2.07. The fraction of sp³-hybridized carbons (Fsp3) is 0.143. The molecule has 0 saturated heterocycles. The molecule has 0 aromatic heterocycles. The first-order valence-electron chi connectivity index (χ1n) is 8.45. The predicted octanol–water partition coefficient (Wildman–Crippen LogP) is 1.24. The molecule has 0 radical (unpaired) electrons. The van der Waals surface area contributed by atoms with Crippen molar-refractivity contribution in [2.75, 3.05) is 19.3 Å². The summed E-state index contributed by atoms with van der Waals surface area (Å²) in [6, 6.07) is 32.8. The van der Waals surface area contributed by atoms with Gasteiger partial charge in [-0.25, -0.2) is 0 Å². The summed E-state index contributed by atoms with van der Waals surface area (Å²) < 4.78 is 0. The molecule has 122 valence electrons. The van der Waals surface area contributed by atoms with E-state index in [1.54, 1.807) is 0 Å². The van der Waals surface area contributed by atoms with Crippen molar-refractivity contribution >= 4 is 23.6 Å². The van der Waals surface area contributed by atoms with Gasteiger partial charge in [-0.3, -0.25) is 0 Å². The lowest BCUT2D eigenvalue weighted by Gasteiger charge is -2.34. The molecule has 0 atom stereocenters. The second-order valence-corrected chi connectivity index (χ2v) is 9.87. The van der Waals surface area contributed by atoms with E-state index in [4.69, 9.17) is 5.73 Å². The molecule has 3 aromatic rings. The molecule has 0 saturated carbocycles. The smallest absolute Gasteiger partial charge is 0.161 e. The largest absolute Gasteiger partial charge is 0.329 e. The highest BCUT2D eigenvalue weighted by molar-refractivity contribution is 7.11. The fourth-order valence-corrected chi connectivity index (χ4v) is 7.80. The molecule has 0 fully saturated rings. The van der Waals surface area contributed by atoms with E-state index in [0.717, 1.165) is 12.7 Å². The van der Waals surface area contributed by atoms with Crippen molar-refractivity contribution in [1.29, 1.82) is 0 Å². The summed E-state index contributed by atoms with van der Waals surface area (Å²) in [5, 5.41) is 7.88. The first-order valence-corrected chi connectivity index (χ1v) is 10.7. The van der Waals surface area contributed by atoms with Gasteiger partial charge in [0.1, 0.15) is 0 Å². The molecule has 0 aliphatic rings. The Bertz CT molecular complexity index is 633. The number of hydrogen-bond acceptors (Lipinski definition) is 2. The normalized spacial score (nSPS) is 11.4. The minimum absolute atomic E-state index is 0.656. The molecule has 3 heteroatoms. The van der Waals surface area contributed by atoms with E-state index in [0.29, 0.717) is 6.54 Å². The van der Waals surface area contributed by atoms with Crippen LogP contribution >= 0.6 is 0 Å². The molecule has 2 nitrogen and oxygen atoms in total. The predicted molar refractivity (Wildman–Crippen MR) is 106 cm³/mol. The SMILES string of the molecule is NCCNC[Si](c1ccccc1)(c1ccccc1)c1ccccc1. The number of nitrogens with two attached hydrogens (primary N) is 1. The van der Waals surface area contributed by atoms with Gasteiger partial charge in [0.05, 0.1) is 0 Å². The Morgan fingerprint density at radius 3 is 1.33 bits per heavy atom. The van der Waals surface area contributed by atoms with Crippen LogP contribution in [0.1, 0.15) is 0 Å². The van der Waals surface area contributed by atoms with E-state index < -0.39 is 8.07 Å². The molecule has 3 aromatic carbocycles. The van der Waals surface area contributed by atoms with Crippen LogP contribution in [0.3, 0.4) is 0 Å². The maximum atomic E-state index is 5.73. The fourth-order valence-electron chi connectivity index (χ4n) is 3.35. The minimum Gasteiger partial charge on any atom is -0.329 e. The third kappa shape index (κ3) is 3.34. The minimum atomic E-state index is -2.13. The first kappa shape index (κ1) is 16.6. The lowest BCUT2D eigenvalue weighted by Crippen LogP contribution is -2.72. The van der Waals surface area contributed by atoms with Crippen molar-refractivity contribution in [3.63, 3.8) is 0 Å². The summed E-state index contributed by atoms with van der Waals surface area (Å²) in [5.74, 6) is 0. The van der Waals surface area contributed by atoms with Crippen LogP contribution < -0.4 is 26.6 Å². The van der Waals surface area contributed by atoms with E-state index in [-0.39, 0.29) is 0 Å². The number of rotatable bonds is 7. The summed E-state index contributed by atoms with van der Waals surface area (Å²) in [6.45, 7) is 1.49. The quantitative estimate of drug-likeness (QED) is 0.388. The molecule has 0 heterocycles. The van der Waals surface area contributed by atoms with Crippen molar-refractivity contribution in [2.24, 2.45) is 5.73 Å². The van der Waals surface area contributed by atoms with Gasteiger partial charge in [0.25, 0.3) is 0 Å². The summed E-state index contributed by atoms with van der Waals surface area (Å²) in [7, 11) is -2.13. The van der Waals surface area contributed by atoms with Crippen molar-refractivity contribution in [1.82, 2.24) is 5.32 Å². The Hall–Kier alpha value is -2.20. The van der Waals surface area contributed by atoms with Gasteiger partial charge in [0, 0.05) is 19.3 Å². The monoisotopic (exact) mass is 332 g/mol. The molecular formula is C21H24N2Si. The van der Waals surface area contributed by atoms with Gasteiger partial charge < -0.3 is 11.1 Å². The average Bonchev–Trinajstić information content (AvgIpc) is 2.68. The Labute approximate surface area is 145 Å². The summed E-state index contributed by atoms with van der Waals surface area (Å²) in [4.78, 5) is 0. The zero-order chi connectivity index (χ0) is 16.7. The first-order chi connectivity index (χ1) is 11.9. The molecule has 0 unspecified atom stereocenters. The Kier molecular flexibility index (Phi) is 5.59. The molecule has 0 bridgehead atoms. The zero-order valence-corrected chi connectivity index (χ0v) is 14.9. The van der Waals surface area contributed by atoms with Gasteiger partial charge in [-0.2, -0.15) is 0 Å². The summed E-state index contributed by atoms with van der Waals surface area (Å²) in [6.07, 6.45) is 0.947. The van der Waals surface area contributed by atoms with Gasteiger partial charge in [0.2, 0.25) is 0 Å². The van der Waals surface area contributed by atoms with Crippen LogP contribution in [0.25, 0.3) is 0 Å². The summed E-state index contributed by atoms with van der Waals surface area (Å²) >= 11 is 0. The van der Waals surface area contributed by atoms with Crippen molar-refractivity contribution in [3.05, 3.63) is 91.0 Å². The molecule has 3 rings (SSSR count). The number of benzene rings is 3. The van der Waals surface area contributed by atoms with Crippen LogP contribution in [0, 0.1) is 0 Å². The molecule has 0 aliphatic heterocycles. The van der Waals surface area contributed by atoms with Crippen molar-refractivity contribution < 1.29 is 0 Å². The molecule has 0 amide bonds. The van der Waals surface area contributed by atoms with Crippen molar-refractivity contribution in [3.8, 4) is 0 Å². The lowest BCUT2D eigenvalue weighted by atomic mass is 10.3. The molecule has 3 N–H and O–H groups in total. The third-order valence-corrected chi connectivity index (χ3v) is 9.25. The summed E-state index contributed by atoms with van der Waals surface area (Å²) in [5.41, 5.74) is 5.73. The van der Waals surface area contributed by atoms with Gasteiger partial charge >= 0.3 is 0 Å². The van der Waals surface area contributed by atoms with Crippen LogP contribution in [0.5, 0.6) is 0 Å². The second-order valence-electron chi connectivity index (χ2n) is 5.97. The maximum Gasteiger partial charge on any atom is 0.161 e. The Morgan fingerprint density at radius 1 is 0.625 bits per heavy atom. The van der Waals surface area contributed by atoms with Gasteiger partial charge in [-0.1, -0.05) is 91.0 Å². The van der Waals surface area contributed by atoms with E-state index in [1.807, 2.05) is 0 Å². The molecule has 0 spiro atoms. The highest BCUT2D eigenvalue weighted by Gasteiger charge is 2.38. The van der Waals surface area contributed by atoms with E-state index >= 15 is 0 Å². The second kappa shape index (κ2) is 8.06. The van der Waals surface area contributed by atoms with Gasteiger partial charge in [-0.05, 0) is 15.6 Å². The zero-order valence-electron chi connectivity index (χ0n) is 13.9. The standard InChI is InChI=1S/C21H24N2Si/c22-16-17-23-18-24(19-10-4-1-5-11-19,20-12-6-2-7-13-20)21-14-8-3-9-15-21/h1-15,23H,16-18,22H2. The average molecular weight is 333 g/mol.